The van der Waals surface area contributed by atoms with Gasteiger partial charge in [0.25, 0.3) is 11.5 Å². The van der Waals surface area contributed by atoms with Crippen molar-refractivity contribution in [2.24, 2.45) is 0 Å². The average molecular weight is 413 g/mol. The van der Waals surface area contributed by atoms with Gasteiger partial charge in [0, 0.05) is 5.56 Å². The molecule has 3 rings (SSSR count). The van der Waals surface area contributed by atoms with Gasteiger partial charge in [0.2, 0.25) is 0 Å². The fourth-order valence-electron chi connectivity index (χ4n) is 2.33. The minimum Gasteiger partial charge on any atom is -0.428 e. The van der Waals surface area contributed by atoms with Crippen LogP contribution < -0.4 is 15.7 Å². The lowest BCUT2D eigenvalue weighted by Crippen LogP contribution is -2.35. The maximum atomic E-state index is 13.0. The fourth-order valence-corrected chi connectivity index (χ4v) is 2.57. The molecule has 146 valence electrons. The molecule has 1 amide bonds. The van der Waals surface area contributed by atoms with Gasteiger partial charge < -0.3 is 9.72 Å². The van der Waals surface area contributed by atoms with Crippen LogP contribution in [0.2, 0.25) is 0 Å². The topological polar surface area (TPSA) is 76.1 Å². The number of para-hydroxylation sites is 1. The van der Waals surface area contributed by atoms with Crippen LogP contribution in [-0.2, 0) is 0 Å². The highest BCUT2D eigenvalue weighted by atomic mass is 32.1. The lowest BCUT2D eigenvalue weighted by Gasteiger charge is -2.17. The van der Waals surface area contributed by atoms with E-state index in [0.29, 0.717) is 5.52 Å². The lowest BCUT2D eigenvalue weighted by molar-refractivity contribution is -0.253. The Balaban J connectivity index is 1.90. The van der Waals surface area contributed by atoms with Gasteiger partial charge in [-0.2, -0.15) is 22.2 Å². The van der Waals surface area contributed by atoms with Crippen LogP contribution in [0.1, 0.15) is 10.4 Å². The van der Waals surface area contributed by atoms with Crippen LogP contribution in [0.4, 0.5) is 17.6 Å². The molecule has 1 heterocycles. The molecule has 2 N–H and O–H groups in total. The second-order valence-corrected chi connectivity index (χ2v) is 5.94. The van der Waals surface area contributed by atoms with Crippen LogP contribution in [0.15, 0.2) is 53.3 Å². The Morgan fingerprint density at radius 2 is 1.89 bits per heavy atom. The molecule has 0 fully saturated rings. The Hall–Kier alpha value is -3.21. The second-order valence-electron chi connectivity index (χ2n) is 5.55. The molecule has 0 spiro atoms. The number of hydrogen-bond donors (Lipinski definition) is 2. The summed E-state index contributed by atoms with van der Waals surface area (Å²) in [6.45, 7) is 0. The number of rotatable bonds is 5. The minimum atomic E-state index is -4.72. The van der Waals surface area contributed by atoms with Gasteiger partial charge in [-0.15, -0.1) is 0 Å². The van der Waals surface area contributed by atoms with Gasteiger partial charge in [0.1, 0.15) is 5.75 Å². The smallest absolute Gasteiger partial charge is 0.428 e. The molecule has 0 unspecified atom stereocenters. The van der Waals surface area contributed by atoms with E-state index < -0.39 is 29.7 Å². The summed E-state index contributed by atoms with van der Waals surface area (Å²) in [4.78, 5) is 27.7. The van der Waals surface area contributed by atoms with E-state index in [0.717, 1.165) is 22.9 Å². The molecule has 11 heteroatoms. The first kappa shape index (κ1) is 19.5. The first-order valence-electron chi connectivity index (χ1n) is 7.69. The van der Waals surface area contributed by atoms with Crippen LogP contribution in [0, 0.1) is 4.77 Å². The zero-order valence-electron chi connectivity index (χ0n) is 13.8. The van der Waals surface area contributed by atoms with Gasteiger partial charge in [-0.3, -0.25) is 15.0 Å². The molecule has 0 saturated heterocycles. The number of fused-ring (bicyclic) bond motifs is 1. The van der Waals surface area contributed by atoms with Gasteiger partial charge in [0.05, 0.1) is 10.9 Å². The largest absolute Gasteiger partial charge is 0.461 e. The lowest BCUT2D eigenvalue weighted by atomic mass is 10.2. The Morgan fingerprint density at radius 1 is 1.18 bits per heavy atom. The highest BCUT2D eigenvalue weighted by molar-refractivity contribution is 7.71. The quantitative estimate of drug-likeness (QED) is 0.494. The van der Waals surface area contributed by atoms with Crippen molar-refractivity contribution in [1.82, 2.24) is 9.66 Å². The van der Waals surface area contributed by atoms with Gasteiger partial charge in [-0.25, -0.2) is 0 Å². The number of ether oxygens (including phenoxy) is 1. The third-order valence-electron chi connectivity index (χ3n) is 3.62. The number of carbonyl (C=O) groups is 1. The molecule has 6 nitrogen and oxygen atoms in total. The number of amides is 1. The molecule has 3 aromatic rings. The predicted octanol–water partition coefficient (Wildman–Crippen LogP) is 3.68. The van der Waals surface area contributed by atoms with Crippen molar-refractivity contribution >= 4 is 29.0 Å². The number of benzene rings is 2. The standard InChI is InChI=1S/C17H11F4N3O3S/c18-15(19)17(20,21)27-10-5-3-4-9(8-10)13(25)23-24-14(26)11-6-1-2-7-12(11)22-16(24)28/h1-8,15H,(H,22,28)(H,23,25). The summed E-state index contributed by atoms with van der Waals surface area (Å²) < 4.78 is 55.2. The Morgan fingerprint density at radius 3 is 2.61 bits per heavy atom. The number of nitrogens with one attached hydrogen (secondary N) is 2. The summed E-state index contributed by atoms with van der Waals surface area (Å²) in [7, 11) is 0. The van der Waals surface area contributed by atoms with E-state index in [4.69, 9.17) is 12.2 Å². The first-order chi connectivity index (χ1) is 13.2. The molecule has 2 aromatic carbocycles. The maximum absolute atomic E-state index is 13.0. The summed E-state index contributed by atoms with van der Waals surface area (Å²) in [5.74, 6) is -1.53. The minimum absolute atomic E-state index is 0.103. The molecule has 0 atom stereocenters. The number of aromatic amines is 1. The normalized spacial score (nSPS) is 11.6. The van der Waals surface area contributed by atoms with E-state index in [-0.39, 0.29) is 15.7 Å². The molecule has 0 radical (unpaired) electrons. The Kier molecular flexibility index (Phi) is 5.18. The van der Waals surface area contributed by atoms with Gasteiger partial charge in [-0.1, -0.05) is 18.2 Å². The zero-order valence-corrected chi connectivity index (χ0v) is 14.6. The monoisotopic (exact) mass is 413 g/mol. The van der Waals surface area contributed by atoms with Crippen molar-refractivity contribution in [3.05, 3.63) is 69.2 Å². The van der Waals surface area contributed by atoms with E-state index in [1.165, 1.54) is 12.1 Å². The number of hydrogen-bond acceptors (Lipinski definition) is 4. The van der Waals surface area contributed by atoms with Crippen LogP contribution in [0.25, 0.3) is 10.9 Å². The van der Waals surface area contributed by atoms with Crippen LogP contribution in [-0.4, -0.2) is 28.1 Å². The zero-order chi connectivity index (χ0) is 20.5. The number of H-pyrrole nitrogens is 1. The highest BCUT2D eigenvalue weighted by Gasteiger charge is 2.44. The number of halogens is 4. The molecule has 0 aliphatic heterocycles. The van der Waals surface area contributed by atoms with Gasteiger partial charge in [0.15, 0.2) is 4.77 Å². The first-order valence-corrected chi connectivity index (χ1v) is 8.10. The molecule has 0 saturated carbocycles. The van der Waals surface area contributed by atoms with Crippen molar-refractivity contribution < 1.29 is 27.1 Å². The van der Waals surface area contributed by atoms with Crippen molar-refractivity contribution in [2.45, 2.75) is 12.5 Å². The summed E-state index contributed by atoms with van der Waals surface area (Å²) in [6, 6.07) is 10.7. The highest BCUT2D eigenvalue weighted by Crippen LogP contribution is 2.27. The Bertz CT molecular complexity index is 1160. The van der Waals surface area contributed by atoms with E-state index in [1.54, 1.807) is 18.2 Å². The molecular formula is C17H11F4N3O3S. The molecule has 0 aliphatic rings. The SMILES string of the molecule is O=C(Nn1c(=S)[nH]c2ccccc2c1=O)c1cccc(OC(F)(F)C(F)F)c1. The van der Waals surface area contributed by atoms with Crippen molar-refractivity contribution in [3.8, 4) is 5.75 Å². The number of alkyl halides is 4. The van der Waals surface area contributed by atoms with E-state index in [2.05, 4.69) is 15.1 Å². The van der Waals surface area contributed by atoms with Crippen LogP contribution in [0.5, 0.6) is 5.75 Å². The summed E-state index contributed by atoms with van der Waals surface area (Å²) in [6.07, 6.45) is -8.76. The van der Waals surface area contributed by atoms with Crippen molar-refractivity contribution in [1.29, 1.82) is 0 Å². The van der Waals surface area contributed by atoms with Gasteiger partial charge in [-0.05, 0) is 42.5 Å². The predicted molar refractivity (Wildman–Crippen MR) is 95.1 cm³/mol. The Labute approximate surface area is 159 Å². The molecule has 1 aromatic heterocycles. The third-order valence-corrected chi connectivity index (χ3v) is 3.91. The summed E-state index contributed by atoms with van der Waals surface area (Å²) in [5, 5.41) is 0.255. The van der Waals surface area contributed by atoms with Crippen molar-refractivity contribution in [2.75, 3.05) is 5.43 Å². The van der Waals surface area contributed by atoms with E-state index in [1.807, 2.05) is 0 Å². The summed E-state index contributed by atoms with van der Waals surface area (Å²) >= 11 is 5.05. The number of aromatic nitrogens is 2. The van der Waals surface area contributed by atoms with Crippen LogP contribution in [0.3, 0.4) is 0 Å². The van der Waals surface area contributed by atoms with E-state index in [9.17, 15) is 27.2 Å². The number of carbonyl (C=O) groups excluding carboxylic acids is 1. The third kappa shape index (κ3) is 3.88. The maximum Gasteiger partial charge on any atom is 0.461 e. The van der Waals surface area contributed by atoms with Gasteiger partial charge >= 0.3 is 12.5 Å². The average Bonchev–Trinajstić information content (AvgIpc) is 2.64. The molecule has 28 heavy (non-hydrogen) atoms. The molecular weight excluding hydrogens is 402 g/mol. The van der Waals surface area contributed by atoms with Crippen molar-refractivity contribution in [3.63, 3.8) is 0 Å². The van der Waals surface area contributed by atoms with Crippen LogP contribution >= 0.6 is 12.2 Å². The second kappa shape index (κ2) is 7.43. The molecule has 0 aliphatic carbocycles. The molecule has 0 bridgehead atoms. The summed E-state index contributed by atoms with van der Waals surface area (Å²) in [5.41, 5.74) is 1.89. The van der Waals surface area contributed by atoms with E-state index >= 15 is 0 Å². The number of nitrogens with zero attached hydrogens (tertiary/aromatic N) is 1. The fraction of sp³-hybridized carbons (Fsp3) is 0.118.